The molecule has 0 saturated carbocycles. The van der Waals surface area contributed by atoms with Crippen molar-refractivity contribution in [2.45, 2.75) is 11.7 Å². The summed E-state index contributed by atoms with van der Waals surface area (Å²) in [5, 5.41) is 17.5. The Morgan fingerprint density at radius 1 is 1.52 bits per heavy atom. The number of carbonyl (C=O) groups is 1. The standard InChI is InChI=1S/C14H15N3O3S/c1-3-7-17-13(10-5-4-6-11(8-10)20-2)15-16-14(17)21-9-12(18)19/h3-6,8H,1,7,9H2,2H3,(H,18,19). The highest BCUT2D eigenvalue weighted by atomic mass is 32.2. The molecule has 0 spiro atoms. The highest BCUT2D eigenvalue weighted by Gasteiger charge is 2.15. The van der Waals surface area contributed by atoms with Crippen LogP contribution in [0.4, 0.5) is 0 Å². The van der Waals surface area contributed by atoms with E-state index in [-0.39, 0.29) is 5.75 Å². The molecule has 6 nitrogen and oxygen atoms in total. The maximum Gasteiger partial charge on any atom is 0.313 e. The van der Waals surface area contributed by atoms with Crippen LogP contribution in [0.5, 0.6) is 5.75 Å². The summed E-state index contributed by atoms with van der Waals surface area (Å²) in [7, 11) is 1.60. The smallest absolute Gasteiger partial charge is 0.313 e. The molecule has 21 heavy (non-hydrogen) atoms. The quantitative estimate of drug-likeness (QED) is 0.625. The first-order valence-corrected chi connectivity index (χ1v) is 7.17. The van der Waals surface area contributed by atoms with Crippen LogP contribution in [0, 0.1) is 0 Å². The van der Waals surface area contributed by atoms with Gasteiger partial charge < -0.3 is 9.84 Å². The van der Waals surface area contributed by atoms with E-state index in [0.29, 0.717) is 17.5 Å². The van der Waals surface area contributed by atoms with Crippen molar-refractivity contribution in [3.05, 3.63) is 36.9 Å². The van der Waals surface area contributed by atoms with Gasteiger partial charge in [0.1, 0.15) is 5.75 Å². The summed E-state index contributed by atoms with van der Waals surface area (Å²) in [5.41, 5.74) is 0.853. The predicted octanol–water partition coefficient (Wildman–Crippen LogP) is 2.32. The lowest BCUT2D eigenvalue weighted by Gasteiger charge is -2.08. The summed E-state index contributed by atoms with van der Waals surface area (Å²) in [6.45, 7) is 4.22. The van der Waals surface area contributed by atoms with Gasteiger partial charge in [0.25, 0.3) is 0 Å². The van der Waals surface area contributed by atoms with Crippen LogP contribution in [0.1, 0.15) is 0 Å². The Bertz CT molecular complexity index is 655. The molecule has 0 aliphatic carbocycles. The molecule has 2 aromatic rings. The number of rotatable bonds is 7. The molecule has 0 unspecified atom stereocenters. The predicted molar refractivity (Wildman–Crippen MR) is 80.6 cm³/mol. The van der Waals surface area contributed by atoms with Gasteiger partial charge in [0.2, 0.25) is 0 Å². The molecule has 0 aliphatic heterocycles. The first-order chi connectivity index (χ1) is 10.2. The van der Waals surface area contributed by atoms with E-state index in [0.717, 1.165) is 23.1 Å². The number of nitrogens with zero attached hydrogens (tertiary/aromatic N) is 3. The average Bonchev–Trinajstić information content (AvgIpc) is 2.88. The monoisotopic (exact) mass is 305 g/mol. The van der Waals surface area contributed by atoms with Crippen molar-refractivity contribution < 1.29 is 14.6 Å². The lowest BCUT2D eigenvalue weighted by Crippen LogP contribution is -2.03. The molecule has 7 heteroatoms. The van der Waals surface area contributed by atoms with Crippen molar-refractivity contribution in [1.82, 2.24) is 14.8 Å². The number of aliphatic carboxylic acids is 1. The minimum atomic E-state index is -0.893. The molecule has 1 aromatic heterocycles. The molecule has 0 aliphatic rings. The van der Waals surface area contributed by atoms with Gasteiger partial charge in [0.15, 0.2) is 11.0 Å². The SMILES string of the molecule is C=CCn1c(SCC(=O)O)nnc1-c1cccc(OC)c1. The van der Waals surface area contributed by atoms with Gasteiger partial charge in [0.05, 0.1) is 12.9 Å². The summed E-state index contributed by atoms with van der Waals surface area (Å²) >= 11 is 1.13. The van der Waals surface area contributed by atoms with E-state index in [4.69, 9.17) is 9.84 Å². The number of carboxylic acid groups (broad SMARTS) is 1. The number of ether oxygens (including phenoxy) is 1. The highest BCUT2D eigenvalue weighted by Crippen LogP contribution is 2.26. The third-order valence-corrected chi connectivity index (χ3v) is 3.63. The summed E-state index contributed by atoms with van der Waals surface area (Å²) in [5.74, 6) is 0.422. The van der Waals surface area contributed by atoms with Gasteiger partial charge in [-0.3, -0.25) is 9.36 Å². The Morgan fingerprint density at radius 3 is 3.00 bits per heavy atom. The number of carboxylic acids is 1. The number of benzene rings is 1. The fraction of sp³-hybridized carbons (Fsp3) is 0.214. The molecule has 1 heterocycles. The molecule has 1 N–H and O–H groups in total. The number of aromatic nitrogens is 3. The second-order valence-electron chi connectivity index (χ2n) is 4.12. The molecular weight excluding hydrogens is 290 g/mol. The van der Waals surface area contributed by atoms with Crippen molar-refractivity contribution in [2.24, 2.45) is 0 Å². The zero-order valence-corrected chi connectivity index (χ0v) is 12.3. The van der Waals surface area contributed by atoms with Gasteiger partial charge in [-0.2, -0.15) is 0 Å². The molecule has 0 amide bonds. The van der Waals surface area contributed by atoms with Crippen LogP contribution in [0.3, 0.4) is 0 Å². The zero-order chi connectivity index (χ0) is 15.2. The number of thioether (sulfide) groups is 1. The van der Waals surface area contributed by atoms with E-state index in [1.807, 2.05) is 28.8 Å². The van der Waals surface area contributed by atoms with Crippen LogP contribution < -0.4 is 4.74 Å². The molecule has 110 valence electrons. The Kier molecular flexibility index (Phi) is 4.99. The molecule has 0 fully saturated rings. The van der Waals surface area contributed by atoms with Gasteiger partial charge in [-0.1, -0.05) is 30.0 Å². The van der Waals surface area contributed by atoms with E-state index in [2.05, 4.69) is 16.8 Å². The summed E-state index contributed by atoms with van der Waals surface area (Å²) in [4.78, 5) is 10.7. The topological polar surface area (TPSA) is 77.2 Å². The highest BCUT2D eigenvalue weighted by molar-refractivity contribution is 7.99. The summed E-state index contributed by atoms with van der Waals surface area (Å²) < 4.78 is 7.03. The van der Waals surface area contributed by atoms with Crippen LogP contribution in [-0.4, -0.2) is 38.7 Å². The van der Waals surface area contributed by atoms with Gasteiger partial charge in [-0.25, -0.2) is 0 Å². The number of methoxy groups -OCH3 is 1. The minimum absolute atomic E-state index is 0.0621. The Balaban J connectivity index is 2.38. The van der Waals surface area contributed by atoms with E-state index in [9.17, 15) is 4.79 Å². The lowest BCUT2D eigenvalue weighted by molar-refractivity contribution is -0.133. The van der Waals surface area contributed by atoms with E-state index < -0.39 is 5.97 Å². The Labute approximate surface area is 126 Å². The number of allylic oxidation sites excluding steroid dienone is 1. The second kappa shape index (κ2) is 6.94. The van der Waals surface area contributed by atoms with Gasteiger partial charge in [0, 0.05) is 12.1 Å². The third kappa shape index (κ3) is 3.63. The zero-order valence-electron chi connectivity index (χ0n) is 11.5. The van der Waals surface area contributed by atoms with Gasteiger partial charge in [-0.05, 0) is 12.1 Å². The van der Waals surface area contributed by atoms with E-state index in [1.54, 1.807) is 13.2 Å². The minimum Gasteiger partial charge on any atom is -0.497 e. The number of hydrogen-bond acceptors (Lipinski definition) is 5. The fourth-order valence-corrected chi connectivity index (χ4v) is 2.46. The first kappa shape index (κ1) is 15.1. The van der Waals surface area contributed by atoms with Crippen LogP contribution >= 0.6 is 11.8 Å². The molecule has 0 saturated heterocycles. The number of hydrogen-bond donors (Lipinski definition) is 1. The van der Waals surface area contributed by atoms with Crippen LogP contribution in [0.15, 0.2) is 42.1 Å². The van der Waals surface area contributed by atoms with Crippen LogP contribution in [-0.2, 0) is 11.3 Å². The molecule has 0 radical (unpaired) electrons. The molecule has 2 rings (SSSR count). The summed E-state index contributed by atoms with van der Waals surface area (Å²) in [6, 6.07) is 7.47. The van der Waals surface area contributed by atoms with E-state index in [1.165, 1.54) is 0 Å². The molecule has 0 atom stereocenters. The Morgan fingerprint density at radius 2 is 2.33 bits per heavy atom. The maximum atomic E-state index is 10.7. The fourth-order valence-electron chi connectivity index (χ4n) is 1.79. The molecular formula is C14H15N3O3S. The third-order valence-electron chi connectivity index (χ3n) is 2.68. The summed E-state index contributed by atoms with van der Waals surface area (Å²) in [6.07, 6.45) is 1.72. The Hall–Kier alpha value is -2.28. The van der Waals surface area contributed by atoms with Crippen molar-refractivity contribution in [1.29, 1.82) is 0 Å². The van der Waals surface area contributed by atoms with Crippen molar-refractivity contribution >= 4 is 17.7 Å². The van der Waals surface area contributed by atoms with Crippen molar-refractivity contribution in [2.75, 3.05) is 12.9 Å². The largest absolute Gasteiger partial charge is 0.497 e. The first-order valence-electron chi connectivity index (χ1n) is 6.18. The van der Waals surface area contributed by atoms with Crippen LogP contribution in [0.25, 0.3) is 11.4 Å². The molecule has 0 bridgehead atoms. The lowest BCUT2D eigenvalue weighted by atomic mass is 10.2. The average molecular weight is 305 g/mol. The van der Waals surface area contributed by atoms with Crippen molar-refractivity contribution in [3.63, 3.8) is 0 Å². The van der Waals surface area contributed by atoms with Gasteiger partial charge in [-0.15, -0.1) is 16.8 Å². The van der Waals surface area contributed by atoms with E-state index >= 15 is 0 Å². The van der Waals surface area contributed by atoms with Crippen molar-refractivity contribution in [3.8, 4) is 17.1 Å². The maximum absolute atomic E-state index is 10.7. The second-order valence-corrected chi connectivity index (χ2v) is 5.06. The van der Waals surface area contributed by atoms with Crippen LogP contribution in [0.2, 0.25) is 0 Å². The van der Waals surface area contributed by atoms with Gasteiger partial charge >= 0.3 is 5.97 Å². The molecule has 1 aromatic carbocycles. The normalized spacial score (nSPS) is 10.3.